The summed E-state index contributed by atoms with van der Waals surface area (Å²) in [4.78, 5) is 43.7. The minimum Gasteiger partial charge on any atom is -0.504 e. The molecule has 1 aromatic heterocycles. The highest BCUT2D eigenvalue weighted by atomic mass is 32.2. The van der Waals surface area contributed by atoms with Gasteiger partial charge in [0.1, 0.15) is 6.04 Å². The van der Waals surface area contributed by atoms with Crippen molar-refractivity contribution in [2.45, 2.75) is 35.6 Å². The summed E-state index contributed by atoms with van der Waals surface area (Å²) >= 11 is 8.68. The van der Waals surface area contributed by atoms with Crippen molar-refractivity contribution in [2.75, 3.05) is 7.11 Å². The molecule has 2 saturated carbocycles. The number of aromatic hydroxyl groups is 1. The van der Waals surface area contributed by atoms with Crippen LogP contribution >= 0.6 is 35.3 Å². The number of phenols is 1. The zero-order valence-corrected chi connectivity index (χ0v) is 20.7. The van der Waals surface area contributed by atoms with Gasteiger partial charge in [0.25, 0.3) is 0 Å². The minimum absolute atomic E-state index is 0.0102. The number of phenolic OH excluding ortho intramolecular Hbond substituents is 1. The lowest BCUT2D eigenvalue weighted by Gasteiger charge is -2.43. The second-order valence-corrected chi connectivity index (χ2v) is 12.4. The molecule has 0 radical (unpaired) electrons. The summed E-state index contributed by atoms with van der Waals surface area (Å²) in [6, 6.07) is 4.16. The number of ether oxygens (including phenoxy) is 1. The number of rotatable bonds is 4. The molecule has 6 rings (SSSR count). The maximum atomic E-state index is 13.4. The van der Waals surface area contributed by atoms with E-state index in [4.69, 9.17) is 17.0 Å². The molecule has 3 N–H and O–H groups in total. The van der Waals surface area contributed by atoms with Gasteiger partial charge in [-0.15, -0.1) is 23.1 Å². The fourth-order valence-electron chi connectivity index (χ4n) is 6.79. The summed E-state index contributed by atoms with van der Waals surface area (Å²) < 4.78 is 6.04. The van der Waals surface area contributed by atoms with E-state index in [9.17, 15) is 24.6 Å². The summed E-state index contributed by atoms with van der Waals surface area (Å²) in [5.74, 6) is -2.44. The number of amides is 2. The molecule has 8 atom stereocenters. The fraction of sp³-hybridized carbons (Fsp3) is 0.478. The maximum absolute atomic E-state index is 13.4. The number of hydrogen-bond donors (Lipinski definition) is 3. The van der Waals surface area contributed by atoms with Gasteiger partial charge >= 0.3 is 5.97 Å². The van der Waals surface area contributed by atoms with Gasteiger partial charge in [0, 0.05) is 16.0 Å². The number of H-pyrrole nitrogens is 1. The van der Waals surface area contributed by atoms with E-state index in [0.717, 1.165) is 26.8 Å². The summed E-state index contributed by atoms with van der Waals surface area (Å²) in [5, 5.41) is 20.7. The Balaban J connectivity index is 1.46. The molecule has 3 fully saturated rings. The maximum Gasteiger partial charge on any atom is 0.326 e. The second-order valence-electron chi connectivity index (χ2n) is 9.45. The first-order valence-corrected chi connectivity index (χ1v) is 13.2. The number of imide groups is 1. The Hall–Kier alpha value is -2.37. The second kappa shape index (κ2) is 7.56. The van der Waals surface area contributed by atoms with Crippen LogP contribution in [0.1, 0.15) is 29.7 Å². The number of nitrogens with one attached hydrogen (secondary N) is 1. The predicted molar refractivity (Wildman–Crippen MR) is 127 cm³/mol. The molecule has 8 nitrogen and oxygen atoms in total. The number of aromatic amines is 1. The van der Waals surface area contributed by atoms with Gasteiger partial charge in [-0.25, -0.2) is 4.79 Å². The number of aromatic nitrogens is 1. The average molecular weight is 519 g/mol. The number of carbonyl (C=O) groups is 3. The zero-order valence-electron chi connectivity index (χ0n) is 18.3. The van der Waals surface area contributed by atoms with Crippen LogP contribution in [0.15, 0.2) is 23.2 Å². The molecule has 2 amide bonds. The summed E-state index contributed by atoms with van der Waals surface area (Å²) in [6.07, 6.45) is 0.770. The highest BCUT2D eigenvalue weighted by Gasteiger charge is 2.70. The van der Waals surface area contributed by atoms with Crippen molar-refractivity contribution in [2.24, 2.45) is 29.6 Å². The van der Waals surface area contributed by atoms with Crippen molar-refractivity contribution in [1.82, 2.24) is 9.88 Å². The standard InChI is InChI=1S/C23H22N2O6S3/c1-7(22(29)30)25-20(27)15-9-6-10(16(15)21(25)28)17-14(9)13(18-19(33-17)24-23(32)34-18)8-3-4-11(26)12(5-8)31-2/h3-5,7,9-10,13-17,26H,6H2,1-2H3,(H,24,32)(H,29,30). The normalized spacial score (nSPS) is 34.1. The van der Waals surface area contributed by atoms with Crippen LogP contribution in [0, 0.1) is 33.5 Å². The molecule has 0 spiro atoms. The first kappa shape index (κ1) is 22.1. The molecular formula is C23H22N2O6S3. The number of thiazole rings is 1. The monoisotopic (exact) mass is 518 g/mol. The van der Waals surface area contributed by atoms with Gasteiger partial charge in [0.05, 0.1) is 24.0 Å². The molecule has 2 aromatic rings. The molecule has 34 heavy (non-hydrogen) atoms. The Morgan fingerprint density at radius 1 is 1.26 bits per heavy atom. The molecule has 3 heterocycles. The Morgan fingerprint density at radius 3 is 2.65 bits per heavy atom. The van der Waals surface area contributed by atoms with Crippen LogP contribution in [0.5, 0.6) is 11.5 Å². The van der Waals surface area contributed by atoms with E-state index >= 15 is 0 Å². The molecule has 1 aromatic carbocycles. The van der Waals surface area contributed by atoms with Crippen LogP contribution in [0.4, 0.5) is 0 Å². The Morgan fingerprint density at radius 2 is 1.97 bits per heavy atom. The number of aliphatic carboxylic acids is 1. The molecular weight excluding hydrogens is 496 g/mol. The Labute approximate surface area is 208 Å². The van der Waals surface area contributed by atoms with Crippen molar-refractivity contribution < 1.29 is 29.3 Å². The lowest BCUT2D eigenvalue weighted by Crippen LogP contribution is -2.44. The van der Waals surface area contributed by atoms with Gasteiger partial charge in [-0.2, -0.15) is 0 Å². The van der Waals surface area contributed by atoms with Crippen LogP contribution in [-0.2, 0) is 14.4 Å². The number of carboxylic acids is 1. The number of benzene rings is 1. The van der Waals surface area contributed by atoms with E-state index in [-0.39, 0.29) is 46.5 Å². The molecule has 8 unspecified atom stereocenters. The smallest absolute Gasteiger partial charge is 0.326 e. The Bertz CT molecular complexity index is 1300. The van der Waals surface area contributed by atoms with Gasteiger partial charge < -0.3 is 19.9 Å². The first-order chi connectivity index (χ1) is 16.2. The fourth-order valence-corrected chi connectivity index (χ4v) is 10.1. The number of nitrogens with zero attached hydrogens (tertiary/aromatic N) is 1. The third kappa shape index (κ3) is 2.83. The number of fused-ring (bicyclic) bond motifs is 9. The van der Waals surface area contributed by atoms with Gasteiger partial charge in [0.15, 0.2) is 15.5 Å². The summed E-state index contributed by atoms with van der Waals surface area (Å²) in [7, 11) is 1.51. The largest absolute Gasteiger partial charge is 0.504 e. The van der Waals surface area contributed by atoms with Crippen molar-refractivity contribution in [3.05, 3.63) is 32.6 Å². The van der Waals surface area contributed by atoms with Crippen LogP contribution in [0.25, 0.3) is 0 Å². The van der Waals surface area contributed by atoms with E-state index in [0.29, 0.717) is 9.70 Å². The van der Waals surface area contributed by atoms with Gasteiger partial charge in [-0.3, -0.25) is 14.5 Å². The van der Waals surface area contributed by atoms with Crippen LogP contribution in [0.3, 0.4) is 0 Å². The molecule has 2 aliphatic heterocycles. The van der Waals surface area contributed by atoms with Crippen LogP contribution in [0.2, 0.25) is 0 Å². The molecule has 2 aliphatic carbocycles. The van der Waals surface area contributed by atoms with Gasteiger partial charge in [0.2, 0.25) is 11.8 Å². The quantitative estimate of drug-likeness (QED) is 0.416. The number of methoxy groups -OCH3 is 1. The number of carboxylic acid groups (broad SMARTS) is 1. The molecule has 1 saturated heterocycles. The zero-order chi connectivity index (χ0) is 24.0. The lowest BCUT2D eigenvalue weighted by molar-refractivity contribution is -0.154. The SMILES string of the molecule is COc1cc(C2c3sc(=S)[nH]c3SC3C4CC(C5C(=O)N(C(C)C(=O)O)C(=O)C45)C23)ccc1O. The Kier molecular flexibility index (Phi) is 4.92. The number of thioether (sulfide) groups is 1. The highest BCUT2D eigenvalue weighted by molar-refractivity contribution is 8.00. The highest BCUT2D eigenvalue weighted by Crippen LogP contribution is 2.69. The molecule has 4 aliphatic rings. The van der Waals surface area contributed by atoms with E-state index in [1.54, 1.807) is 17.8 Å². The third-order valence-electron chi connectivity index (χ3n) is 8.07. The van der Waals surface area contributed by atoms with Crippen molar-refractivity contribution in [1.29, 1.82) is 0 Å². The van der Waals surface area contributed by atoms with E-state index in [2.05, 4.69) is 4.98 Å². The number of likely N-dealkylation sites (tertiary alicyclic amines) is 1. The molecule has 178 valence electrons. The van der Waals surface area contributed by atoms with E-state index in [1.165, 1.54) is 25.4 Å². The average Bonchev–Trinajstić information content (AvgIpc) is 3.52. The van der Waals surface area contributed by atoms with E-state index < -0.39 is 23.8 Å². The van der Waals surface area contributed by atoms with Crippen LogP contribution < -0.4 is 4.74 Å². The molecule has 2 bridgehead atoms. The van der Waals surface area contributed by atoms with Crippen molar-refractivity contribution in [3.63, 3.8) is 0 Å². The first-order valence-electron chi connectivity index (χ1n) is 11.1. The topological polar surface area (TPSA) is 120 Å². The van der Waals surface area contributed by atoms with Crippen molar-refractivity contribution >= 4 is 53.1 Å². The van der Waals surface area contributed by atoms with E-state index in [1.807, 2.05) is 12.1 Å². The number of hydrogen-bond acceptors (Lipinski definition) is 8. The summed E-state index contributed by atoms with van der Waals surface area (Å²) in [5.41, 5.74) is 0.966. The lowest BCUT2D eigenvalue weighted by atomic mass is 9.68. The number of carbonyl (C=O) groups excluding carboxylic acids is 2. The third-order valence-corrected chi connectivity index (χ3v) is 11.0. The van der Waals surface area contributed by atoms with Gasteiger partial charge in [-0.1, -0.05) is 6.07 Å². The molecule has 11 heteroatoms. The van der Waals surface area contributed by atoms with Gasteiger partial charge in [-0.05, 0) is 61.0 Å². The predicted octanol–water partition coefficient (Wildman–Crippen LogP) is 3.47. The summed E-state index contributed by atoms with van der Waals surface area (Å²) in [6.45, 7) is 1.39. The van der Waals surface area contributed by atoms with Crippen LogP contribution in [-0.4, -0.2) is 56.3 Å². The minimum atomic E-state index is -1.18. The van der Waals surface area contributed by atoms with Crippen molar-refractivity contribution in [3.8, 4) is 11.5 Å².